The van der Waals surface area contributed by atoms with Crippen molar-refractivity contribution in [1.29, 1.82) is 0 Å². The first-order valence-corrected chi connectivity index (χ1v) is 4.93. The summed E-state index contributed by atoms with van der Waals surface area (Å²) in [6.07, 6.45) is 4.99. The van der Waals surface area contributed by atoms with Crippen LogP contribution in [-0.4, -0.2) is 26.4 Å². The van der Waals surface area contributed by atoms with Crippen molar-refractivity contribution in [2.24, 2.45) is 0 Å². The van der Waals surface area contributed by atoms with Gasteiger partial charge in [0, 0.05) is 6.54 Å². The standard InChI is InChI=1S/C11H13NO4/c1-3-6-15-7-5-12-8-9(13)10(14)11(8)16-4-2/h1,12H,4-7H2,2H3. The molecule has 86 valence electrons. The molecule has 0 aliphatic heterocycles. The van der Waals surface area contributed by atoms with Crippen LogP contribution in [0.3, 0.4) is 0 Å². The number of hydrogen-bond donors (Lipinski definition) is 1. The lowest BCUT2D eigenvalue weighted by atomic mass is 10.2. The van der Waals surface area contributed by atoms with Crippen LogP contribution in [0.4, 0.5) is 5.69 Å². The van der Waals surface area contributed by atoms with Gasteiger partial charge in [-0.1, -0.05) is 5.92 Å². The van der Waals surface area contributed by atoms with Crippen LogP contribution in [0.15, 0.2) is 9.59 Å². The van der Waals surface area contributed by atoms with E-state index in [-0.39, 0.29) is 18.0 Å². The fourth-order valence-corrected chi connectivity index (χ4v) is 1.19. The summed E-state index contributed by atoms with van der Waals surface area (Å²) < 4.78 is 10.0. The zero-order valence-electron chi connectivity index (χ0n) is 9.04. The smallest absolute Gasteiger partial charge is 0.272 e. The molecule has 0 aliphatic carbocycles. The summed E-state index contributed by atoms with van der Waals surface area (Å²) in [4.78, 5) is 22.2. The van der Waals surface area contributed by atoms with Crippen molar-refractivity contribution < 1.29 is 9.47 Å². The number of hydrogen-bond acceptors (Lipinski definition) is 5. The second-order valence-electron chi connectivity index (χ2n) is 2.98. The quantitative estimate of drug-likeness (QED) is 0.392. The Morgan fingerprint density at radius 3 is 2.75 bits per heavy atom. The monoisotopic (exact) mass is 223 g/mol. The molecule has 0 saturated carbocycles. The summed E-state index contributed by atoms with van der Waals surface area (Å²) in [7, 11) is 0. The third kappa shape index (κ3) is 2.61. The van der Waals surface area contributed by atoms with Crippen molar-refractivity contribution in [3.63, 3.8) is 0 Å². The van der Waals surface area contributed by atoms with Gasteiger partial charge in [-0.3, -0.25) is 9.59 Å². The van der Waals surface area contributed by atoms with Gasteiger partial charge in [0.05, 0.1) is 13.2 Å². The van der Waals surface area contributed by atoms with Crippen LogP contribution >= 0.6 is 0 Å². The highest BCUT2D eigenvalue weighted by Crippen LogP contribution is 2.16. The molecule has 1 rings (SSSR count). The highest BCUT2D eigenvalue weighted by molar-refractivity contribution is 5.61. The van der Waals surface area contributed by atoms with Crippen molar-refractivity contribution in [2.45, 2.75) is 6.92 Å². The van der Waals surface area contributed by atoms with Gasteiger partial charge in [0.2, 0.25) is 0 Å². The topological polar surface area (TPSA) is 64.6 Å². The number of nitrogens with one attached hydrogen (secondary N) is 1. The SMILES string of the molecule is C#CCOCCNc1c(OCC)c(=O)c1=O. The summed E-state index contributed by atoms with van der Waals surface area (Å²) >= 11 is 0. The fraction of sp³-hybridized carbons (Fsp3) is 0.455. The Morgan fingerprint density at radius 2 is 2.12 bits per heavy atom. The minimum absolute atomic E-state index is 0.115. The van der Waals surface area contributed by atoms with E-state index in [9.17, 15) is 9.59 Å². The van der Waals surface area contributed by atoms with Gasteiger partial charge in [0.1, 0.15) is 12.3 Å². The van der Waals surface area contributed by atoms with Crippen LogP contribution in [0.2, 0.25) is 0 Å². The van der Waals surface area contributed by atoms with E-state index in [0.29, 0.717) is 19.8 Å². The minimum Gasteiger partial charge on any atom is -0.488 e. The molecule has 0 unspecified atom stereocenters. The maximum atomic E-state index is 11.1. The van der Waals surface area contributed by atoms with Gasteiger partial charge in [-0.05, 0) is 6.92 Å². The fourth-order valence-electron chi connectivity index (χ4n) is 1.19. The average molecular weight is 223 g/mol. The van der Waals surface area contributed by atoms with Crippen LogP contribution in [-0.2, 0) is 4.74 Å². The molecule has 0 spiro atoms. The van der Waals surface area contributed by atoms with Crippen LogP contribution in [0, 0.1) is 12.3 Å². The Balaban J connectivity index is 2.43. The molecule has 5 nitrogen and oxygen atoms in total. The predicted octanol–water partition coefficient (Wildman–Crippen LogP) is -0.257. The first-order chi connectivity index (χ1) is 7.72. The Bertz CT molecular complexity index is 451. The second kappa shape index (κ2) is 5.93. The van der Waals surface area contributed by atoms with E-state index in [2.05, 4.69) is 11.2 Å². The van der Waals surface area contributed by atoms with Crippen molar-refractivity contribution in [2.75, 3.05) is 31.7 Å². The van der Waals surface area contributed by atoms with Crippen LogP contribution in [0.5, 0.6) is 5.75 Å². The molecule has 0 bridgehead atoms. The van der Waals surface area contributed by atoms with E-state index in [4.69, 9.17) is 15.9 Å². The van der Waals surface area contributed by atoms with Gasteiger partial charge >= 0.3 is 0 Å². The predicted molar refractivity (Wildman–Crippen MR) is 60.7 cm³/mol. The number of anilines is 1. The molecule has 0 amide bonds. The lowest BCUT2D eigenvalue weighted by Gasteiger charge is -2.12. The van der Waals surface area contributed by atoms with Gasteiger partial charge in [-0.2, -0.15) is 0 Å². The number of terminal acetylenes is 1. The lowest BCUT2D eigenvalue weighted by molar-refractivity contribution is 0.178. The maximum absolute atomic E-state index is 11.1. The van der Waals surface area contributed by atoms with Gasteiger partial charge < -0.3 is 14.8 Å². The van der Waals surface area contributed by atoms with Crippen molar-refractivity contribution in [3.8, 4) is 18.1 Å². The Labute approximate surface area is 93.1 Å². The van der Waals surface area contributed by atoms with Gasteiger partial charge in [-0.25, -0.2) is 0 Å². The molecule has 1 aromatic carbocycles. The average Bonchev–Trinajstić information content (AvgIpc) is 2.31. The van der Waals surface area contributed by atoms with Gasteiger partial charge in [-0.15, -0.1) is 6.42 Å². The highest BCUT2D eigenvalue weighted by Gasteiger charge is 2.21. The van der Waals surface area contributed by atoms with Crippen LogP contribution in [0.1, 0.15) is 6.92 Å². The zero-order chi connectivity index (χ0) is 12.0. The van der Waals surface area contributed by atoms with E-state index in [1.54, 1.807) is 6.92 Å². The van der Waals surface area contributed by atoms with Crippen LogP contribution in [0.25, 0.3) is 0 Å². The Hall–Kier alpha value is -1.80. The Morgan fingerprint density at radius 1 is 1.38 bits per heavy atom. The molecular formula is C11H13NO4. The normalized spacial score (nSPS) is 10.0. The first-order valence-electron chi connectivity index (χ1n) is 4.93. The number of ether oxygens (including phenoxy) is 2. The summed E-state index contributed by atoms with van der Waals surface area (Å²) in [6.45, 7) is 3.11. The maximum Gasteiger partial charge on any atom is 0.272 e. The van der Waals surface area contributed by atoms with E-state index in [1.165, 1.54) is 0 Å². The summed E-state index contributed by atoms with van der Waals surface area (Å²) in [5.41, 5.74) is -0.884. The van der Waals surface area contributed by atoms with E-state index < -0.39 is 10.9 Å². The molecular weight excluding hydrogens is 210 g/mol. The molecule has 0 radical (unpaired) electrons. The molecule has 0 heterocycles. The summed E-state index contributed by atoms with van der Waals surface area (Å²) in [5.74, 6) is 2.44. The largest absolute Gasteiger partial charge is 0.488 e. The highest BCUT2D eigenvalue weighted by atomic mass is 16.5. The van der Waals surface area contributed by atoms with E-state index in [0.717, 1.165) is 0 Å². The molecule has 5 heteroatoms. The number of rotatable bonds is 7. The minimum atomic E-state index is -0.575. The van der Waals surface area contributed by atoms with E-state index in [1.807, 2.05) is 0 Å². The molecule has 0 atom stereocenters. The summed E-state index contributed by atoms with van der Waals surface area (Å²) in [5, 5.41) is 2.78. The molecule has 1 N–H and O–H groups in total. The van der Waals surface area contributed by atoms with Crippen molar-refractivity contribution in [1.82, 2.24) is 0 Å². The van der Waals surface area contributed by atoms with Crippen molar-refractivity contribution in [3.05, 3.63) is 20.4 Å². The lowest BCUT2D eigenvalue weighted by Crippen LogP contribution is -2.36. The first kappa shape index (κ1) is 12.3. The van der Waals surface area contributed by atoms with Gasteiger partial charge in [0.15, 0.2) is 5.75 Å². The van der Waals surface area contributed by atoms with Gasteiger partial charge in [0.25, 0.3) is 10.9 Å². The second-order valence-corrected chi connectivity index (χ2v) is 2.98. The third-order valence-corrected chi connectivity index (χ3v) is 1.89. The molecule has 0 aliphatic rings. The molecule has 0 fully saturated rings. The molecule has 0 aromatic heterocycles. The third-order valence-electron chi connectivity index (χ3n) is 1.89. The molecule has 1 aromatic rings. The molecule has 0 saturated heterocycles. The Kier molecular flexibility index (Phi) is 4.55. The van der Waals surface area contributed by atoms with E-state index >= 15 is 0 Å². The molecule has 16 heavy (non-hydrogen) atoms. The zero-order valence-corrected chi connectivity index (χ0v) is 9.04. The van der Waals surface area contributed by atoms with Crippen LogP contribution < -0.4 is 20.9 Å². The summed E-state index contributed by atoms with van der Waals surface area (Å²) in [6, 6.07) is 0. The van der Waals surface area contributed by atoms with Crippen molar-refractivity contribution >= 4 is 5.69 Å².